The van der Waals surface area contributed by atoms with E-state index in [9.17, 15) is 13.6 Å². The van der Waals surface area contributed by atoms with Gasteiger partial charge in [-0.1, -0.05) is 6.07 Å². The Balaban J connectivity index is 1.97. The van der Waals surface area contributed by atoms with Crippen LogP contribution in [0, 0.1) is 11.6 Å². The van der Waals surface area contributed by atoms with Gasteiger partial charge in [0.05, 0.1) is 16.5 Å². The molecule has 0 saturated heterocycles. The average molecular weight is 339 g/mol. The SMILES string of the molecule is O=C1CC(c2ccc(F)c(Br)c2)Oc2ccc(F)cc21. The first-order chi connectivity index (χ1) is 9.54. The Labute approximate surface area is 122 Å². The lowest BCUT2D eigenvalue weighted by Gasteiger charge is -2.25. The molecule has 1 atom stereocenters. The maximum atomic E-state index is 13.2. The van der Waals surface area contributed by atoms with Crippen LogP contribution in [0.15, 0.2) is 40.9 Å². The van der Waals surface area contributed by atoms with Gasteiger partial charge in [-0.25, -0.2) is 8.78 Å². The number of Topliss-reactive ketones (excluding diaryl/α,β-unsaturated/α-hetero) is 1. The van der Waals surface area contributed by atoms with Gasteiger partial charge in [-0.15, -0.1) is 0 Å². The van der Waals surface area contributed by atoms with Crippen LogP contribution >= 0.6 is 15.9 Å². The Morgan fingerprint density at radius 3 is 2.70 bits per heavy atom. The van der Waals surface area contributed by atoms with Crippen molar-refractivity contribution < 1.29 is 18.3 Å². The predicted octanol–water partition coefficient (Wildman–Crippen LogP) is 4.43. The summed E-state index contributed by atoms with van der Waals surface area (Å²) in [5.41, 5.74) is 0.948. The van der Waals surface area contributed by atoms with E-state index < -0.39 is 11.9 Å². The second-order valence-electron chi connectivity index (χ2n) is 4.55. The van der Waals surface area contributed by atoms with Gasteiger partial charge in [-0.2, -0.15) is 0 Å². The van der Waals surface area contributed by atoms with Crippen molar-refractivity contribution in [2.75, 3.05) is 0 Å². The summed E-state index contributed by atoms with van der Waals surface area (Å²) in [6.07, 6.45) is -0.383. The number of halogens is 3. The fourth-order valence-electron chi connectivity index (χ4n) is 2.19. The molecule has 20 heavy (non-hydrogen) atoms. The lowest BCUT2D eigenvalue weighted by molar-refractivity contribution is 0.0849. The first kappa shape index (κ1) is 13.2. The van der Waals surface area contributed by atoms with Crippen molar-refractivity contribution in [1.82, 2.24) is 0 Å². The van der Waals surface area contributed by atoms with E-state index in [0.717, 1.165) is 0 Å². The number of carbonyl (C=O) groups excluding carboxylic acids is 1. The summed E-state index contributed by atoms with van der Waals surface area (Å²) in [6, 6.07) is 8.33. The van der Waals surface area contributed by atoms with Crippen LogP contribution in [-0.4, -0.2) is 5.78 Å². The van der Waals surface area contributed by atoms with Gasteiger partial charge < -0.3 is 4.74 Å². The lowest BCUT2D eigenvalue weighted by atomic mass is 9.96. The van der Waals surface area contributed by atoms with Gasteiger partial charge >= 0.3 is 0 Å². The van der Waals surface area contributed by atoms with E-state index in [1.54, 1.807) is 12.1 Å². The number of ether oxygens (including phenoxy) is 1. The summed E-state index contributed by atoms with van der Waals surface area (Å²) < 4.78 is 32.4. The van der Waals surface area contributed by atoms with E-state index in [0.29, 0.717) is 15.8 Å². The van der Waals surface area contributed by atoms with Crippen molar-refractivity contribution in [3.05, 3.63) is 63.6 Å². The standard InChI is InChI=1S/C15H9BrF2O2/c16-11-5-8(1-3-12(11)18)15-7-13(19)10-6-9(17)2-4-14(10)20-15/h1-6,15H,7H2. The highest BCUT2D eigenvalue weighted by Crippen LogP contribution is 2.36. The molecule has 0 amide bonds. The fourth-order valence-corrected chi connectivity index (χ4v) is 2.59. The minimum absolute atomic E-state index is 0.106. The third kappa shape index (κ3) is 2.33. The summed E-state index contributed by atoms with van der Waals surface area (Å²) in [5, 5.41) is 0. The van der Waals surface area contributed by atoms with Crippen LogP contribution in [-0.2, 0) is 0 Å². The number of benzene rings is 2. The zero-order valence-electron chi connectivity index (χ0n) is 10.2. The van der Waals surface area contributed by atoms with Crippen LogP contribution < -0.4 is 4.74 Å². The van der Waals surface area contributed by atoms with Crippen LogP contribution in [0.2, 0.25) is 0 Å². The minimum atomic E-state index is -0.489. The van der Waals surface area contributed by atoms with Crippen LogP contribution in [0.3, 0.4) is 0 Å². The van der Waals surface area contributed by atoms with Crippen LogP contribution in [0.4, 0.5) is 8.78 Å². The van der Waals surface area contributed by atoms with Crippen molar-refractivity contribution in [2.24, 2.45) is 0 Å². The molecule has 3 rings (SSSR count). The number of hydrogen-bond donors (Lipinski definition) is 0. The summed E-state index contributed by atoms with van der Waals surface area (Å²) in [4.78, 5) is 12.0. The van der Waals surface area contributed by atoms with Gasteiger partial charge in [-0.05, 0) is 51.8 Å². The predicted molar refractivity (Wildman–Crippen MR) is 72.8 cm³/mol. The second kappa shape index (κ2) is 4.98. The molecule has 0 fully saturated rings. The highest BCUT2D eigenvalue weighted by molar-refractivity contribution is 9.10. The molecule has 0 aromatic heterocycles. The highest BCUT2D eigenvalue weighted by Gasteiger charge is 2.28. The lowest BCUT2D eigenvalue weighted by Crippen LogP contribution is -2.20. The van der Waals surface area contributed by atoms with Crippen LogP contribution in [0.1, 0.15) is 28.4 Å². The summed E-state index contributed by atoms with van der Waals surface area (Å²) >= 11 is 3.10. The van der Waals surface area contributed by atoms with Gasteiger partial charge in [0.1, 0.15) is 23.5 Å². The zero-order valence-corrected chi connectivity index (χ0v) is 11.8. The van der Waals surface area contributed by atoms with Crippen molar-refractivity contribution in [3.63, 3.8) is 0 Å². The quantitative estimate of drug-likeness (QED) is 0.768. The highest BCUT2D eigenvalue weighted by atomic mass is 79.9. The van der Waals surface area contributed by atoms with Gasteiger partial charge in [-0.3, -0.25) is 4.79 Å². The van der Waals surface area contributed by atoms with E-state index in [1.165, 1.54) is 24.3 Å². The third-order valence-corrected chi connectivity index (χ3v) is 3.81. The molecule has 0 saturated carbocycles. The average Bonchev–Trinajstić information content (AvgIpc) is 2.42. The Hall–Kier alpha value is -1.75. The molecule has 5 heteroatoms. The molecule has 1 aliphatic rings. The number of carbonyl (C=O) groups is 1. The fraction of sp³-hybridized carbons (Fsp3) is 0.133. The topological polar surface area (TPSA) is 26.3 Å². The summed E-state index contributed by atoms with van der Waals surface area (Å²) in [6.45, 7) is 0. The van der Waals surface area contributed by atoms with E-state index >= 15 is 0 Å². The van der Waals surface area contributed by atoms with E-state index in [4.69, 9.17) is 4.74 Å². The molecule has 0 radical (unpaired) electrons. The van der Waals surface area contributed by atoms with Crippen molar-refractivity contribution in [2.45, 2.75) is 12.5 Å². The molecule has 102 valence electrons. The maximum absolute atomic E-state index is 13.2. The molecule has 1 unspecified atom stereocenters. The molecule has 1 heterocycles. The van der Waals surface area contributed by atoms with E-state index in [1.807, 2.05) is 0 Å². The molecular weight excluding hydrogens is 330 g/mol. The Morgan fingerprint density at radius 1 is 1.15 bits per heavy atom. The second-order valence-corrected chi connectivity index (χ2v) is 5.40. The first-order valence-corrected chi connectivity index (χ1v) is 6.78. The van der Waals surface area contributed by atoms with Gasteiger partial charge in [0.25, 0.3) is 0 Å². The first-order valence-electron chi connectivity index (χ1n) is 5.99. The number of hydrogen-bond acceptors (Lipinski definition) is 2. The molecule has 2 aromatic carbocycles. The minimum Gasteiger partial charge on any atom is -0.484 e. The molecule has 0 spiro atoms. The maximum Gasteiger partial charge on any atom is 0.170 e. The number of fused-ring (bicyclic) bond motifs is 1. The Morgan fingerprint density at radius 2 is 1.95 bits per heavy atom. The summed E-state index contributed by atoms with van der Waals surface area (Å²) in [7, 11) is 0. The van der Waals surface area contributed by atoms with Gasteiger partial charge in [0.15, 0.2) is 5.78 Å². The van der Waals surface area contributed by atoms with E-state index in [2.05, 4.69) is 15.9 Å². The molecule has 2 nitrogen and oxygen atoms in total. The number of ketones is 1. The Kier molecular flexibility index (Phi) is 3.30. The molecular formula is C15H9BrF2O2. The van der Waals surface area contributed by atoms with Crippen LogP contribution in [0.25, 0.3) is 0 Å². The molecule has 2 aromatic rings. The van der Waals surface area contributed by atoms with Crippen molar-refractivity contribution in [1.29, 1.82) is 0 Å². The van der Waals surface area contributed by atoms with Crippen molar-refractivity contribution in [3.8, 4) is 5.75 Å². The normalized spacial score (nSPS) is 17.6. The monoisotopic (exact) mass is 338 g/mol. The number of rotatable bonds is 1. The third-order valence-electron chi connectivity index (χ3n) is 3.20. The molecule has 1 aliphatic heterocycles. The Bertz CT molecular complexity index is 700. The smallest absolute Gasteiger partial charge is 0.170 e. The molecule has 0 N–H and O–H groups in total. The largest absolute Gasteiger partial charge is 0.484 e. The van der Waals surface area contributed by atoms with Crippen LogP contribution in [0.5, 0.6) is 5.75 Å². The summed E-state index contributed by atoms with van der Waals surface area (Å²) in [5.74, 6) is -0.675. The van der Waals surface area contributed by atoms with Gasteiger partial charge in [0, 0.05) is 0 Å². The van der Waals surface area contributed by atoms with Crippen molar-refractivity contribution >= 4 is 21.7 Å². The van der Waals surface area contributed by atoms with Gasteiger partial charge in [0.2, 0.25) is 0 Å². The molecule has 0 aliphatic carbocycles. The van der Waals surface area contributed by atoms with E-state index in [-0.39, 0.29) is 23.6 Å². The zero-order chi connectivity index (χ0) is 14.3. The molecule has 0 bridgehead atoms.